The molecule has 3 heteroatoms. The maximum Gasteiger partial charge on any atom is 0.0110 e. The van der Waals surface area contributed by atoms with Gasteiger partial charge in [0.2, 0.25) is 0 Å². The summed E-state index contributed by atoms with van der Waals surface area (Å²) in [6.07, 6.45) is 7.07. The van der Waals surface area contributed by atoms with Gasteiger partial charge in [-0.2, -0.15) is 0 Å². The van der Waals surface area contributed by atoms with Crippen LogP contribution in [0.1, 0.15) is 39.0 Å². The first-order valence-corrected chi connectivity index (χ1v) is 8.41. The van der Waals surface area contributed by atoms with E-state index >= 15 is 0 Å². The third-order valence-corrected chi connectivity index (χ3v) is 5.06. The Morgan fingerprint density at radius 3 is 2.21 bits per heavy atom. The van der Waals surface area contributed by atoms with Crippen molar-refractivity contribution in [3.05, 3.63) is 0 Å². The van der Waals surface area contributed by atoms with E-state index in [1.165, 1.54) is 84.5 Å². The molecule has 2 rings (SSSR count). The summed E-state index contributed by atoms with van der Waals surface area (Å²) in [5, 5.41) is 0. The molecule has 2 aliphatic rings. The Morgan fingerprint density at radius 2 is 1.53 bits per heavy atom. The monoisotopic (exact) mass is 267 g/mol. The van der Waals surface area contributed by atoms with Gasteiger partial charge in [0.15, 0.2) is 0 Å². The predicted octanol–water partition coefficient (Wildman–Crippen LogP) is 2.14. The van der Waals surface area contributed by atoms with Gasteiger partial charge < -0.3 is 14.7 Å². The van der Waals surface area contributed by atoms with E-state index in [2.05, 4.69) is 28.7 Å². The number of hydrogen-bond donors (Lipinski definition) is 0. The Balaban J connectivity index is 1.57. The summed E-state index contributed by atoms with van der Waals surface area (Å²) < 4.78 is 0. The van der Waals surface area contributed by atoms with E-state index in [1.54, 1.807) is 0 Å². The lowest BCUT2D eigenvalue weighted by atomic mass is 9.98. The topological polar surface area (TPSA) is 9.72 Å². The Bertz CT molecular complexity index is 236. The van der Waals surface area contributed by atoms with Crippen molar-refractivity contribution in [2.24, 2.45) is 5.92 Å². The molecule has 0 radical (unpaired) electrons. The molecule has 2 saturated heterocycles. The SMILES string of the molecule is CC[C@@H]1CCCN(CCCN2CCN(C)CC2)CC1. The fraction of sp³-hybridized carbons (Fsp3) is 1.00. The molecule has 0 bridgehead atoms. The molecule has 2 heterocycles. The summed E-state index contributed by atoms with van der Waals surface area (Å²) in [6.45, 7) is 12.7. The predicted molar refractivity (Wildman–Crippen MR) is 82.6 cm³/mol. The number of nitrogens with zero attached hydrogens (tertiary/aromatic N) is 3. The Hall–Kier alpha value is -0.120. The molecule has 3 nitrogen and oxygen atoms in total. The largest absolute Gasteiger partial charge is 0.304 e. The van der Waals surface area contributed by atoms with Crippen molar-refractivity contribution in [2.45, 2.75) is 39.0 Å². The van der Waals surface area contributed by atoms with Crippen LogP contribution in [-0.4, -0.2) is 74.1 Å². The van der Waals surface area contributed by atoms with Gasteiger partial charge in [-0.25, -0.2) is 0 Å². The number of likely N-dealkylation sites (N-methyl/N-ethyl adjacent to an activating group) is 1. The summed E-state index contributed by atoms with van der Waals surface area (Å²) in [7, 11) is 2.23. The van der Waals surface area contributed by atoms with Gasteiger partial charge in [-0.15, -0.1) is 0 Å². The van der Waals surface area contributed by atoms with E-state index in [1.807, 2.05) is 0 Å². The van der Waals surface area contributed by atoms with Gasteiger partial charge in [0.05, 0.1) is 0 Å². The number of hydrogen-bond acceptors (Lipinski definition) is 3. The first kappa shape index (κ1) is 15.3. The number of likely N-dealkylation sites (tertiary alicyclic amines) is 1. The average molecular weight is 267 g/mol. The number of rotatable bonds is 5. The van der Waals surface area contributed by atoms with Crippen molar-refractivity contribution in [3.8, 4) is 0 Å². The molecule has 112 valence electrons. The van der Waals surface area contributed by atoms with Gasteiger partial charge >= 0.3 is 0 Å². The molecule has 1 atom stereocenters. The maximum atomic E-state index is 2.71. The number of piperazine rings is 1. The van der Waals surface area contributed by atoms with E-state index < -0.39 is 0 Å². The fourth-order valence-corrected chi connectivity index (χ4v) is 3.45. The molecule has 2 fully saturated rings. The molecule has 0 N–H and O–H groups in total. The van der Waals surface area contributed by atoms with E-state index in [4.69, 9.17) is 0 Å². The Labute approximate surface area is 119 Å². The smallest absolute Gasteiger partial charge is 0.0110 e. The molecular formula is C16H33N3. The van der Waals surface area contributed by atoms with Crippen molar-refractivity contribution in [1.82, 2.24) is 14.7 Å². The first-order chi connectivity index (χ1) is 9.28. The van der Waals surface area contributed by atoms with Gasteiger partial charge in [0.1, 0.15) is 0 Å². The van der Waals surface area contributed by atoms with Gasteiger partial charge in [-0.05, 0) is 64.8 Å². The molecule has 0 aromatic heterocycles. The Morgan fingerprint density at radius 1 is 0.842 bits per heavy atom. The summed E-state index contributed by atoms with van der Waals surface area (Å²) in [5.74, 6) is 1.00. The quantitative estimate of drug-likeness (QED) is 0.755. The molecule has 0 aromatic rings. The molecule has 0 aromatic carbocycles. The average Bonchev–Trinajstić information content (AvgIpc) is 2.66. The molecule has 0 spiro atoms. The first-order valence-electron chi connectivity index (χ1n) is 8.41. The lowest BCUT2D eigenvalue weighted by molar-refractivity contribution is 0.146. The summed E-state index contributed by atoms with van der Waals surface area (Å²) >= 11 is 0. The van der Waals surface area contributed by atoms with E-state index in [0.717, 1.165) is 5.92 Å². The van der Waals surface area contributed by atoms with Crippen molar-refractivity contribution >= 4 is 0 Å². The zero-order valence-corrected chi connectivity index (χ0v) is 13.1. The molecule has 0 unspecified atom stereocenters. The third-order valence-electron chi connectivity index (χ3n) is 5.06. The van der Waals surface area contributed by atoms with Crippen LogP contribution in [0.4, 0.5) is 0 Å². The van der Waals surface area contributed by atoms with Crippen LogP contribution < -0.4 is 0 Å². The lowest BCUT2D eigenvalue weighted by Crippen LogP contribution is -2.45. The highest BCUT2D eigenvalue weighted by molar-refractivity contribution is 4.72. The minimum atomic E-state index is 1.00. The standard InChI is InChI=1S/C16H33N3/c1-3-16-6-4-8-18(11-7-16)9-5-10-19-14-12-17(2)13-15-19/h16H,3-15H2,1-2H3/t16-/m1/s1. The van der Waals surface area contributed by atoms with Gasteiger partial charge in [0.25, 0.3) is 0 Å². The van der Waals surface area contributed by atoms with Crippen molar-refractivity contribution in [2.75, 3.05) is 59.4 Å². The van der Waals surface area contributed by atoms with Crippen molar-refractivity contribution in [1.29, 1.82) is 0 Å². The van der Waals surface area contributed by atoms with Crippen molar-refractivity contribution < 1.29 is 0 Å². The molecule has 0 amide bonds. The van der Waals surface area contributed by atoms with Crippen molar-refractivity contribution in [3.63, 3.8) is 0 Å². The summed E-state index contributed by atoms with van der Waals surface area (Å²) in [5.41, 5.74) is 0. The second-order valence-corrected chi connectivity index (χ2v) is 6.55. The summed E-state index contributed by atoms with van der Waals surface area (Å²) in [4.78, 5) is 7.80. The highest BCUT2D eigenvalue weighted by atomic mass is 15.2. The normalized spacial score (nSPS) is 28.4. The minimum Gasteiger partial charge on any atom is -0.304 e. The van der Waals surface area contributed by atoms with Crippen LogP contribution in [0.2, 0.25) is 0 Å². The maximum absolute atomic E-state index is 2.71. The van der Waals surface area contributed by atoms with E-state index in [0.29, 0.717) is 0 Å². The molecular weight excluding hydrogens is 234 g/mol. The lowest BCUT2D eigenvalue weighted by Gasteiger charge is -2.32. The molecule has 2 aliphatic heterocycles. The molecule has 0 aliphatic carbocycles. The molecule has 0 saturated carbocycles. The second-order valence-electron chi connectivity index (χ2n) is 6.55. The summed E-state index contributed by atoms with van der Waals surface area (Å²) in [6, 6.07) is 0. The van der Waals surface area contributed by atoms with Crippen LogP contribution in [0.5, 0.6) is 0 Å². The zero-order valence-electron chi connectivity index (χ0n) is 13.1. The highest BCUT2D eigenvalue weighted by Gasteiger charge is 2.16. The van der Waals surface area contributed by atoms with E-state index in [-0.39, 0.29) is 0 Å². The third kappa shape index (κ3) is 5.41. The van der Waals surface area contributed by atoms with Crippen LogP contribution >= 0.6 is 0 Å². The highest BCUT2D eigenvalue weighted by Crippen LogP contribution is 2.20. The second kappa shape index (κ2) is 8.23. The van der Waals surface area contributed by atoms with Crippen LogP contribution in [0.25, 0.3) is 0 Å². The fourth-order valence-electron chi connectivity index (χ4n) is 3.45. The van der Waals surface area contributed by atoms with Gasteiger partial charge in [0, 0.05) is 26.2 Å². The Kier molecular flexibility index (Phi) is 6.62. The van der Waals surface area contributed by atoms with Crippen LogP contribution in [0.3, 0.4) is 0 Å². The van der Waals surface area contributed by atoms with Crippen LogP contribution in [0.15, 0.2) is 0 Å². The van der Waals surface area contributed by atoms with Crippen LogP contribution in [-0.2, 0) is 0 Å². The van der Waals surface area contributed by atoms with Gasteiger partial charge in [-0.3, -0.25) is 0 Å². The molecule has 19 heavy (non-hydrogen) atoms. The zero-order chi connectivity index (χ0) is 13.5. The van der Waals surface area contributed by atoms with E-state index in [9.17, 15) is 0 Å². The minimum absolute atomic E-state index is 1.00. The van der Waals surface area contributed by atoms with Gasteiger partial charge in [-0.1, -0.05) is 13.3 Å². The van der Waals surface area contributed by atoms with Crippen LogP contribution in [0, 0.1) is 5.92 Å².